The van der Waals surface area contributed by atoms with Crippen LogP contribution in [0.3, 0.4) is 0 Å². The summed E-state index contributed by atoms with van der Waals surface area (Å²) in [5, 5.41) is 3.30. The number of sulfonamides is 1. The van der Waals surface area contributed by atoms with Crippen LogP contribution in [0.15, 0.2) is 47.4 Å². The zero-order valence-electron chi connectivity index (χ0n) is 16.9. The summed E-state index contributed by atoms with van der Waals surface area (Å²) in [4.78, 5) is 12.5. The van der Waals surface area contributed by atoms with Gasteiger partial charge in [0.15, 0.2) is 0 Å². The number of carbonyl (C=O) groups excluding carboxylic acids is 1. The molecular weight excluding hydrogens is 412 g/mol. The van der Waals surface area contributed by atoms with Crippen LogP contribution in [-0.2, 0) is 14.8 Å². The molecule has 29 heavy (non-hydrogen) atoms. The third kappa shape index (κ3) is 5.59. The summed E-state index contributed by atoms with van der Waals surface area (Å²) in [6, 6.07) is 9.78. The maximum atomic E-state index is 12.5. The van der Waals surface area contributed by atoms with Crippen LogP contribution in [0.2, 0.25) is 5.02 Å². The van der Waals surface area contributed by atoms with Gasteiger partial charge in [-0.05, 0) is 42.3 Å². The zero-order chi connectivity index (χ0) is 21.6. The van der Waals surface area contributed by atoms with Crippen molar-refractivity contribution in [2.75, 3.05) is 25.5 Å². The molecule has 2 aromatic rings. The highest BCUT2D eigenvalue weighted by molar-refractivity contribution is 7.89. The Labute approximate surface area is 177 Å². The molecule has 0 spiro atoms. The van der Waals surface area contributed by atoms with E-state index in [1.807, 2.05) is 6.92 Å². The SMILES string of the molecule is CCN(CC)S(=O)(=O)c1ccc(/C=C/C(=O)Nc2cc(C)c(Cl)cc2OC)cc1. The highest BCUT2D eigenvalue weighted by atomic mass is 35.5. The quantitative estimate of drug-likeness (QED) is 0.624. The van der Waals surface area contributed by atoms with Crippen molar-refractivity contribution in [3.8, 4) is 5.75 Å². The van der Waals surface area contributed by atoms with Crippen molar-refractivity contribution in [1.82, 2.24) is 4.31 Å². The summed E-state index contributed by atoms with van der Waals surface area (Å²) < 4.78 is 31.7. The average Bonchev–Trinajstić information content (AvgIpc) is 2.70. The maximum absolute atomic E-state index is 12.5. The number of anilines is 1. The number of nitrogens with zero attached hydrogens (tertiary/aromatic N) is 1. The number of aryl methyl sites for hydroxylation is 1. The van der Waals surface area contributed by atoms with Gasteiger partial charge < -0.3 is 10.1 Å². The van der Waals surface area contributed by atoms with E-state index in [4.69, 9.17) is 16.3 Å². The number of rotatable bonds is 8. The minimum Gasteiger partial charge on any atom is -0.495 e. The van der Waals surface area contributed by atoms with Crippen molar-refractivity contribution in [2.24, 2.45) is 0 Å². The summed E-state index contributed by atoms with van der Waals surface area (Å²) in [6.45, 7) is 6.26. The highest BCUT2D eigenvalue weighted by Gasteiger charge is 2.20. The van der Waals surface area contributed by atoms with E-state index in [1.54, 1.807) is 44.2 Å². The molecule has 0 saturated heterocycles. The van der Waals surface area contributed by atoms with Gasteiger partial charge in [0.1, 0.15) is 5.75 Å². The summed E-state index contributed by atoms with van der Waals surface area (Å²) >= 11 is 6.07. The first-order valence-electron chi connectivity index (χ1n) is 9.16. The van der Waals surface area contributed by atoms with Gasteiger partial charge >= 0.3 is 0 Å². The monoisotopic (exact) mass is 436 g/mol. The van der Waals surface area contributed by atoms with E-state index < -0.39 is 10.0 Å². The maximum Gasteiger partial charge on any atom is 0.248 e. The first-order chi connectivity index (χ1) is 13.7. The van der Waals surface area contributed by atoms with Gasteiger partial charge in [-0.25, -0.2) is 8.42 Å². The van der Waals surface area contributed by atoms with Gasteiger partial charge in [0.05, 0.1) is 17.7 Å². The molecular formula is C21H25ClN2O4S. The van der Waals surface area contributed by atoms with Crippen LogP contribution in [-0.4, -0.2) is 38.8 Å². The normalized spacial score (nSPS) is 11.8. The van der Waals surface area contributed by atoms with Gasteiger partial charge in [0.2, 0.25) is 15.9 Å². The minimum absolute atomic E-state index is 0.226. The molecule has 0 fully saturated rings. The van der Waals surface area contributed by atoms with Crippen molar-refractivity contribution >= 4 is 39.3 Å². The Morgan fingerprint density at radius 3 is 2.34 bits per heavy atom. The van der Waals surface area contributed by atoms with Crippen LogP contribution in [0.25, 0.3) is 6.08 Å². The Hall–Kier alpha value is -2.35. The lowest BCUT2D eigenvalue weighted by Gasteiger charge is -2.18. The number of ether oxygens (including phenoxy) is 1. The van der Waals surface area contributed by atoms with Gasteiger partial charge in [0.25, 0.3) is 0 Å². The Balaban J connectivity index is 2.13. The smallest absolute Gasteiger partial charge is 0.248 e. The lowest BCUT2D eigenvalue weighted by atomic mass is 10.2. The predicted molar refractivity (Wildman–Crippen MR) is 117 cm³/mol. The Morgan fingerprint density at radius 1 is 1.17 bits per heavy atom. The van der Waals surface area contributed by atoms with Crippen molar-refractivity contribution in [3.63, 3.8) is 0 Å². The molecule has 156 valence electrons. The van der Waals surface area contributed by atoms with E-state index in [0.717, 1.165) is 5.56 Å². The third-order valence-electron chi connectivity index (χ3n) is 4.39. The van der Waals surface area contributed by atoms with Crippen LogP contribution in [0, 0.1) is 6.92 Å². The van der Waals surface area contributed by atoms with Gasteiger partial charge in [-0.3, -0.25) is 4.79 Å². The van der Waals surface area contributed by atoms with E-state index in [1.165, 1.54) is 29.6 Å². The van der Waals surface area contributed by atoms with E-state index in [0.29, 0.717) is 35.1 Å². The number of benzene rings is 2. The molecule has 0 atom stereocenters. The topological polar surface area (TPSA) is 75.7 Å². The van der Waals surface area contributed by atoms with Crippen LogP contribution in [0.4, 0.5) is 5.69 Å². The first-order valence-corrected chi connectivity index (χ1v) is 11.0. The van der Waals surface area contributed by atoms with Crippen molar-refractivity contribution in [2.45, 2.75) is 25.7 Å². The van der Waals surface area contributed by atoms with Gasteiger partial charge in [-0.1, -0.05) is 37.6 Å². The lowest BCUT2D eigenvalue weighted by Crippen LogP contribution is -2.30. The summed E-state index contributed by atoms with van der Waals surface area (Å²) in [6.07, 6.45) is 2.98. The molecule has 1 N–H and O–H groups in total. The molecule has 0 unspecified atom stereocenters. The second kappa shape index (κ2) is 9.91. The molecule has 1 amide bonds. The molecule has 0 aliphatic carbocycles. The number of halogens is 1. The van der Waals surface area contributed by atoms with Gasteiger partial charge in [0, 0.05) is 30.3 Å². The van der Waals surface area contributed by atoms with Crippen LogP contribution < -0.4 is 10.1 Å². The number of nitrogens with one attached hydrogen (secondary N) is 1. The second-order valence-electron chi connectivity index (χ2n) is 6.28. The van der Waals surface area contributed by atoms with Crippen molar-refractivity contribution < 1.29 is 17.9 Å². The fraction of sp³-hybridized carbons (Fsp3) is 0.286. The lowest BCUT2D eigenvalue weighted by molar-refractivity contribution is -0.111. The summed E-state index contributed by atoms with van der Waals surface area (Å²) in [5.41, 5.74) is 2.04. The molecule has 0 heterocycles. The van der Waals surface area contributed by atoms with Crippen LogP contribution >= 0.6 is 11.6 Å². The Morgan fingerprint density at radius 2 is 1.79 bits per heavy atom. The number of methoxy groups -OCH3 is 1. The van der Waals surface area contributed by atoms with E-state index in [9.17, 15) is 13.2 Å². The number of amides is 1. The van der Waals surface area contributed by atoms with Crippen molar-refractivity contribution in [1.29, 1.82) is 0 Å². The standard InChI is InChI=1S/C21H25ClN2O4S/c1-5-24(6-2)29(26,27)17-10-7-16(8-11-17)9-12-21(25)23-19-13-15(3)18(22)14-20(19)28-4/h7-14H,5-6H2,1-4H3,(H,23,25)/b12-9+. The molecule has 8 heteroatoms. The second-order valence-corrected chi connectivity index (χ2v) is 8.63. The highest BCUT2D eigenvalue weighted by Crippen LogP contribution is 2.31. The fourth-order valence-electron chi connectivity index (χ4n) is 2.74. The Kier molecular flexibility index (Phi) is 7.84. The van der Waals surface area contributed by atoms with E-state index >= 15 is 0 Å². The molecule has 0 saturated carbocycles. The molecule has 0 bridgehead atoms. The minimum atomic E-state index is -3.50. The zero-order valence-corrected chi connectivity index (χ0v) is 18.5. The average molecular weight is 437 g/mol. The number of carbonyl (C=O) groups is 1. The van der Waals surface area contributed by atoms with Gasteiger partial charge in [-0.2, -0.15) is 4.31 Å². The number of hydrogen-bond donors (Lipinski definition) is 1. The first kappa shape index (κ1) is 22.9. The van der Waals surface area contributed by atoms with Crippen LogP contribution in [0.5, 0.6) is 5.75 Å². The molecule has 0 aliphatic rings. The van der Waals surface area contributed by atoms with Gasteiger partial charge in [-0.15, -0.1) is 0 Å². The number of hydrogen-bond acceptors (Lipinski definition) is 4. The molecule has 0 radical (unpaired) electrons. The van der Waals surface area contributed by atoms with Crippen LogP contribution in [0.1, 0.15) is 25.0 Å². The Bertz CT molecular complexity index is 998. The predicted octanol–water partition coefficient (Wildman–Crippen LogP) is 4.34. The largest absolute Gasteiger partial charge is 0.495 e. The molecule has 0 aliphatic heterocycles. The molecule has 6 nitrogen and oxygen atoms in total. The van der Waals surface area contributed by atoms with E-state index in [2.05, 4.69) is 5.32 Å². The molecule has 2 rings (SSSR count). The fourth-order valence-corrected chi connectivity index (χ4v) is 4.35. The molecule has 2 aromatic carbocycles. The van der Waals surface area contributed by atoms with E-state index in [-0.39, 0.29) is 10.8 Å². The molecule has 0 aromatic heterocycles. The summed E-state index contributed by atoms with van der Waals surface area (Å²) in [5.74, 6) is 0.123. The van der Waals surface area contributed by atoms with Crippen molar-refractivity contribution in [3.05, 3.63) is 58.6 Å². The third-order valence-corrected chi connectivity index (χ3v) is 6.86. The summed E-state index contributed by atoms with van der Waals surface area (Å²) in [7, 11) is -2.00.